The van der Waals surface area contributed by atoms with Gasteiger partial charge in [0.1, 0.15) is 11.5 Å². The van der Waals surface area contributed by atoms with Gasteiger partial charge in [0.25, 0.3) is 0 Å². The maximum Gasteiger partial charge on any atom is 0.138 e. The van der Waals surface area contributed by atoms with Crippen molar-refractivity contribution in [3.05, 3.63) is 189 Å². The van der Waals surface area contributed by atoms with Crippen molar-refractivity contribution in [1.29, 1.82) is 0 Å². The Morgan fingerprint density at radius 2 is 0.683 bits per heavy atom. The Morgan fingerprint density at radius 1 is 0.317 bits per heavy atom. The van der Waals surface area contributed by atoms with Crippen molar-refractivity contribution in [3.8, 4) is 67.2 Å². The molecule has 0 aliphatic heterocycles. The van der Waals surface area contributed by atoms with Crippen molar-refractivity contribution in [1.82, 2.24) is 0 Å². The van der Waals surface area contributed by atoms with E-state index in [4.69, 9.17) is 4.42 Å². The van der Waals surface area contributed by atoms with E-state index in [-0.39, 0.29) is 21.7 Å². The van der Waals surface area contributed by atoms with Gasteiger partial charge in [0, 0.05) is 32.8 Å². The van der Waals surface area contributed by atoms with Gasteiger partial charge in [-0.15, -0.1) is 0 Å². The lowest BCUT2D eigenvalue weighted by atomic mass is 9.77. The van der Waals surface area contributed by atoms with Gasteiger partial charge in [-0.05, 0) is 160 Å². The molecule has 0 radical (unpaired) electrons. The van der Waals surface area contributed by atoms with Crippen LogP contribution in [0.1, 0.15) is 111 Å². The molecule has 1 heterocycles. The number of hydrogen-bond donors (Lipinski definition) is 0. The van der Waals surface area contributed by atoms with E-state index in [0.717, 1.165) is 22.6 Å². The van der Waals surface area contributed by atoms with E-state index in [0.29, 0.717) is 0 Å². The summed E-state index contributed by atoms with van der Waals surface area (Å²) in [6, 6.07) is 51.4. The minimum absolute atomic E-state index is 0.0763. The lowest BCUT2D eigenvalue weighted by Crippen LogP contribution is -2.18. The molecule has 4 aliphatic rings. The van der Waals surface area contributed by atoms with Gasteiger partial charge in [0.05, 0.1) is 0 Å². The highest BCUT2D eigenvalue weighted by molar-refractivity contribution is 6.05. The lowest BCUT2D eigenvalue weighted by molar-refractivity contribution is 0.593. The second-order valence-electron chi connectivity index (χ2n) is 21.3. The minimum Gasteiger partial charge on any atom is -0.456 e. The molecule has 0 fully saturated rings. The zero-order chi connectivity index (χ0) is 43.3. The highest BCUT2D eigenvalue weighted by Crippen LogP contribution is 2.60. The summed E-state index contributed by atoms with van der Waals surface area (Å²) in [6.45, 7) is 23.7. The summed E-state index contributed by atoms with van der Waals surface area (Å²) in [7, 11) is 0. The summed E-state index contributed by atoms with van der Waals surface area (Å²) in [5, 5.41) is 5.29. The van der Waals surface area contributed by atoms with Crippen LogP contribution in [0.2, 0.25) is 0 Å². The summed E-state index contributed by atoms with van der Waals surface area (Å²) < 4.78 is 7.07. The molecule has 63 heavy (non-hydrogen) atoms. The Hall–Kier alpha value is -6.44. The summed E-state index contributed by atoms with van der Waals surface area (Å²) >= 11 is 0. The van der Waals surface area contributed by atoms with E-state index in [1.807, 2.05) is 0 Å². The van der Waals surface area contributed by atoms with Crippen LogP contribution < -0.4 is 0 Å². The molecule has 13 rings (SSSR count). The summed E-state index contributed by atoms with van der Waals surface area (Å²) in [5.41, 5.74) is 26.5. The number of fused-ring (bicyclic) bond motifs is 16. The van der Waals surface area contributed by atoms with Crippen LogP contribution in [0.25, 0.3) is 88.7 Å². The Labute approximate surface area is 371 Å². The van der Waals surface area contributed by atoms with Gasteiger partial charge in [-0.2, -0.15) is 0 Å². The Kier molecular flexibility index (Phi) is 6.94. The smallest absolute Gasteiger partial charge is 0.138 e. The topological polar surface area (TPSA) is 13.1 Å². The molecule has 0 spiro atoms. The molecule has 0 N–H and O–H groups in total. The van der Waals surface area contributed by atoms with E-state index >= 15 is 0 Å². The van der Waals surface area contributed by atoms with Crippen molar-refractivity contribution in [2.75, 3.05) is 0 Å². The number of rotatable bonds is 2. The summed E-state index contributed by atoms with van der Waals surface area (Å²) in [4.78, 5) is 0. The van der Waals surface area contributed by atoms with Gasteiger partial charge in [-0.1, -0.05) is 165 Å². The third kappa shape index (κ3) is 4.53. The molecule has 0 atom stereocenters. The van der Waals surface area contributed by atoms with Crippen molar-refractivity contribution >= 4 is 21.5 Å². The molecule has 4 aliphatic carbocycles. The zero-order valence-corrected chi connectivity index (χ0v) is 38.1. The first-order chi connectivity index (χ1) is 30.1. The first kappa shape index (κ1) is 37.1. The third-order valence-corrected chi connectivity index (χ3v) is 16.7. The first-order valence-corrected chi connectivity index (χ1v) is 22.9. The number of hydrogen-bond acceptors (Lipinski definition) is 1. The van der Waals surface area contributed by atoms with Crippen molar-refractivity contribution in [2.45, 2.75) is 90.9 Å². The van der Waals surface area contributed by atoms with Gasteiger partial charge in [-0.25, -0.2) is 0 Å². The zero-order valence-electron chi connectivity index (χ0n) is 38.1. The predicted octanol–water partition coefficient (Wildman–Crippen LogP) is 16.8. The Bertz CT molecular complexity index is 3340. The highest BCUT2D eigenvalue weighted by Gasteiger charge is 2.44. The minimum atomic E-state index is -0.161. The molecule has 8 aromatic carbocycles. The standard InChI is InChI=1S/C62H52O/c1-33-34(2)58(38-20-24-42-44-30-46-54(32-52(44)62(9,10)50(42)28-38)60(5,6)48-26-22-36-16-12-14-18-40(36)56(46)48)63-57(33)37-19-23-41-43-29-45-53(31-51(43)61(7,8)49(41)27-37)59(3,4)47-25-21-35-15-11-13-17-39(35)55(45)47/h11-32H,1-10H3. The highest BCUT2D eigenvalue weighted by atomic mass is 16.3. The normalized spacial score (nSPS) is 16.9. The lowest BCUT2D eigenvalue weighted by Gasteiger charge is -2.26. The quantitative estimate of drug-likeness (QED) is 0.169. The molecule has 9 aromatic rings. The van der Waals surface area contributed by atoms with E-state index < -0.39 is 0 Å². The molecular weight excluding hydrogens is 761 g/mol. The average Bonchev–Trinajstić information content (AvgIpc) is 3.94. The van der Waals surface area contributed by atoms with Gasteiger partial charge < -0.3 is 4.42 Å². The summed E-state index contributed by atoms with van der Waals surface area (Å²) in [5.74, 6) is 1.93. The van der Waals surface area contributed by atoms with E-state index in [1.165, 1.54) is 122 Å². The van der Waals surface area contributed by atoms with Crippen molar-refractivity contribution in [3.63, 3.8) is 0 Å². The van der Waals surface area contributed by atoms with Gasteiger partial charge in [0.2, 0.25) is 0 Å². The van der Waals surface area contributed by atoms with Crippen LogP contribution >= 0.6 is 0 Å². The SMILES string of the molecule is Cc1c(-c2ccc3c(c2)C(C)(C)c2cc4c(cc2-3)-c2c(ccc3ccccc23)C4(C)C)oc(-c2ccc3c(c2)C(C)(C)c2cc4c(cc2-3)-c2c(ccc3ccccc23)C4(C)C)c1C. The van der Waals surface area contributed by atoms with Crippen LogP contribution in [0.4, 0.5) is 0 Å². The van der Waals surface area contributed by atoms with E-state index in [1.54, 1.807) is 0 Å². The molecule has 306 valence electrons. The maximum atomic E-state index is 7.07. The Balaban J connectivity index is 0.896. The number of benzene rings is 8. The monoisotopic (exact) mass is 812 g/mol. The van der Waals surface area contributed by atoms with Crippen molar-refractivity contribution in [2.24, 2.45) is 0 Å². The predicted molar refractivity (Wildman–Crippen MR) is 264 cm³/mol. The molecule has 0 amide bonds. The summed E-state index contributed by atoms with van der Waals surface area (Å²) in [6.07, 6.45) is 0. The molecule has 0 bridgehead atoms. The third-order valence-electron chi connectivity index (χ3n) is 16.7. The van der Waals surface area contributed by atoms with Crippen LogP contribution in [0.15, 0.2) is 138 Å². The molecular formula is C62H52O. The van der Waals surface area contributed by atoms with E-state index in [9.17, 15) is 0 Å². The van der Waals surface area contributed by atoms with E-state index in [2.05, 4.69) is 203 Å². The van der Waals surface area contributed by atoms with Crippen molar-refractivity contribution < 1.29 is 4.42 Å². The molecule has 1 heteroatoms. The molecule has 0 saturated heterocycles. The molecule has 1 aromatic heterocycles. The van der Waals surface area contributed by atoms with Crippen LogP contribution in [-0.2, 0) is 21.7 Å². The molecule has 1 nitrogen and oxygen atoms in total. The average molecular weight is 813 g/mol. The van der Waals surface area contributed by atoms with Crippen LogP contribution in [0.5, 0.6) is 0 Å². The Morgan fingerprint density at radius 3 is 1.11 bits per heavy atom. The number of furan rings is 1. The van der Waals surface area contributed by atoms with Crippen LogP contribution in [0.3, 0.4) is 0 Å². The van der Waals surface area contributed by atoms with Gasteiger partial charge in [-0.3, -0.25) is 0 Å². The molecule has 0 unspecified atom stereocenters. The van der Waals surface area contributed by atoms with Crippen LogP contribution in [0, 0.1) is 13.8 Å². The maximum absolute atomic E-state index is 7.07. The van der Waals surface area contributed by atoms with Gasteiger partial charge in [0.15, 0.2) is 0 Å². The fraction of sp³-hybridized carbons (Fsp3) is 0.226. The first-order valence-electron chi connectivity index (χ1n) is 22.9. The fourth-order valence-corrected chi connectivity index (χ4v) is 12.9. The van der Waals surface area contributed by atoms with Crippen LogP contribution in [-0.4, -0.2) is 0 Å². The second-order valence-corrected chi connectivity index (χ2v) is 21.3. The van der Waals surface area contributed by atoms with Gasteiger partial charge >= 0.3 is 0 Å². The largest absolute Gasteiger partial charge is 0.456 e. The second kappa shape index (κ2) is 11.8. The molecule has 0 saturated carbocycles. The fourth-order valence-electron chi connectivity index (χ4n) is 12.9.